The van der Waals surface area contributed by atoms with Crippen molar-refractivity contribution in [3.05, 3.63) is 38.6 Å². The molecule has 174 valence electrons. The molecule has 4 rings (SSSR count). The number of β-lactam (4-membered cyclic amide) rings is 1. The first kappa shape index (κ1) is 23.0. The molecule has 0 bridgehead atoms. The Bertz CT molecular complexity index is 1170. The fourth-order valence-electron chi connectivity index (χ4n) is 3.22. The van der Waals surface area contributed by atoms with Gasteiger partial charge in [0.15, 0.2) is 16.5 Å². The molecular weight excluding hydrogens is 492 g/mol. The number of hydrogen-bond acceptors (Lipinski definition) is 12. The zero-order valence-electron chi connectivity index (χ0n) is 17.3. The van der Waals surface area contributed by atoms with Gasteiger partial charge in [-0.2, -0.15) is 0 Å². The van der Waals surface area contributed by atoms with E-state index in [-0.39, 0.29) is 40.4 Å². The summed E-state index contributed by atoms with van der Waals surface area (Å²) in [5.74, 6) is -2.16. The Labute approximate surface area is 199 Å². The Kier molecular flexibility index (Phi) is 6.53. The molecule has 1 saturated heterocycles. The molecule has 2 atom stereocenters. The number of hydrogen-bond donors (Lipinski definition) is 3. The maximum absolute atomic E-state index is 12.8. The van der Waals surface area contributed by atoms with Gasteiger partial charge < -0.3 is 25.7 Å². The number of fused-ring (bicyclic) bond motifs is 1. The third-order valence-electron chi connectivity index (χ3n) is 4.62. The second-order valence-corrected chi connectivity index (χ2v) is 9.74. The summed E-state index contributed by atoms with van der Waals surface area (Å²) in [5.41, 5.74) is 6.29. The minimum Gasteiger partial charge on any atom is -0.487 e. The van der Waals surface area contributed by atoms with E-state index in [1.165, 1.54) is 35.6 Å². The predicted molar refractivity (Wildman–Crippen MR) is 121 cm³/mol. The highest BCUT2D eigenvalue weighted by molar-refractivity contribution is 8.00. The largest absolute Gasteiger partial charge is 0.487 e. The lowest BCUT2D eigenvalue weighted by atomic mass is 10.0. The predicted octanol–water partition coefficient (Wildman–Crippen LogP) is 0.754. The maximum atomic E-state index is 12.8. The number of carboxylic acids is 1. The monoisotopic (exact) mass is 510 g/mol. The Morgan fingerprint density at radius 2 is 2.15 bits per heavy atom. The topological polar surface area (TPSA) is 169 Å². The van der Waals surface area contributed by atoms with E-state index in [9.17, 15) is 19.5 Å². The smallest absolute Gasteiger partial charge is 0.356 e. The van der Waals surface area contributed by atoms with Crippen molar-refractivity contribution in [2.75, 3.05) is 18.6 Å². The van der Waals surface area contributed by atoms with Crippen molar-refractivity contribution in [1.82, 2.24) is 20.2 Å². The number of carbonyl (C=O) groups is 3. The highest BCUT2D eigenvalue weighted by atomic mass is 32.2. The molecule has 12 nitrogen and oxygen atoms in total. The summed E-state index contributed by atoms with van der Waals surface area (Å²) >= 11 is 3.81. The molecule has 15 heteroatoms. The van der Waals surface area contributed by atoms with E-state index in [4.69, 9.17) is 15.3 Å². The molecule has 33 heavy (non-hydrogen) atoms. The summed E-state index contributed by atoms with van der Waals surface area (Å²) in [4.78, 5) is 51.7. The molecule has 4 heterocycles. The van der Waals surface area contributed by atoms with Crippen LogP contribution in [0.25, 0.3) is 0 Å². The van der Waals surface area contributed by atoms with Gasteiger partial charge in [-0.1, -0.05) is 5.16 Å². The summed E-state index contributed by atoms with van der Waals surface area (Å²) in [6.45, 7) is 1.95. The van der Waals surface area contributed by atoms with Gasteiger partial charge in [-0.05, 0) is 6.92 Å². The van der Waals surface area contributed by atoms with Crippen molar-refractivity contribution in [1.29, 1.82) is 0 Å². The van der Waals surface area contributed by atoms with Crippen LogP contribution in [-0.4, -0.2) is 67.7 Å². The molecule has 2 aromatic heterocycles. The van der Waals surface area contributed by atoms with Crippen LogP contribution < -0.4 is 11.1 Å². The van der Waals surface area contributed by atoms with Crippen LogP contribution in [0.4, 0.5) is 5.13 Å². The molecule has 2 aromatic rings. The number of carboxylic acid groups (broad SMARTS) is 1. The number of nitrogens with one attached hydrogen (secondary N) is 1. The first-order valence-electron chi connectivity index (χ1n) is 9.38. The number of aliphatic carboxylic acids is 1. The van der Waals surface area contributed by atoms with Crippen molar-refractivity contribution < 1.29 is 29.1 Å². The zero-order chi connectivity index (χ0) is 23.7. The van der Waals surface area contributed by atoms with E-state index in [2.05, 4.69) is 20.4 Å². The van der Waals surface area contributed by atoms with E-state index in [0.29, 0.717) is 5.01 Å². The van der Waals surface area contributed by atoms with Gasteiger partial charge in [-0.25, -0.2) is 14.8 Å². The summed E-state index contributed by atoms with van der Waals surface area (Å²) in [6.07, 6.45) is 0. The lowest BCUT2D eigenvalue weighted by molar-refractivity contribution is -0.150. The van der Waals surface area contributed by atoms with Gasteiger partial charge in [0.2, 0.25) is 0 Å². The lowest BCUT2D eigenvalue weighted by Crippen LogP contribution is -2.71. The van der Waals surface area contributed by atoms with Crippen molar-refractivity contribution in [3.63, 3.8) is 0 Å². The summed E-state index contributed by atoms with van der Waals surface area (Å²) in [5, 5.41) is 19.8. The Hall–Kier alpha value is -3.17. The third-order valence-corrected chi connectivity index (χ3v) is 7.49. The quantitative estimate of drug-likeness (QED) is 0.262. The van der Waals surface area contributed by atoms with Crippen molar-refractivity contribution >= 4 is 63.1 Å². The van der Waals surface area contributed by atoms with Crippen LogP contribution in [-0.2, 0) is 30.6 Å². The molecule has 0 saturated carbocycles. The number of amides is 2. The van der Waals surface area contributed by atoms with E-state index in [0.717, 1.165) is 21.9 Å². The Morgan fingerprint density at radius 1 is 1.36 bits per heavy atom. The van der Waals surface area contributed by atoms with Crippen LogP contribution in [0.2, 0.25) is 0 Å². The first-order valence-corrected chi connectivity index (χ1v) is 12.2. The van der Waals surface area contributed by atoms with Crippen LogP contribution in [0.5, 0.6) is 0 Å². The van der Waals surface area contributed by atoms with E-state index in [1.54, 1.807) is 0 Å². The minimum absolute atomic E-state index is 0.103. The van der Waals surface area contributed by atoms with Gasteiger partial charge in [0.25, 0.3) is 11.8 Å². The van der Waals surface area contributed by atoms with Gasteiger partial charge >= 0.3 is 5.97 Å². The molecule has 0 aliphatic carbocycles. The summed E-state index contributed by atoms with van der Waals surface area (Å²) in [6, 6.07) is -0.946. The molecule has 2 amide bonds. The fraction of sp³-hybridized carbons (Fsp3) is 0.333. The number of rotatable bonds is 8. The lowest BCUT2D eigenvalue weighted by Gasteiger charge is -2.48. The molecule has 0 radical (unpaired) electrons. The number of oxime groups is 1. The van der Waals surface area contributed by atoms with Crippen LogP contribution in [0.3, 0.4) is 0 Å². The Morgan fingerprint density at radius 3 is 2.76 bits per heavy atom. The normalized spacial score (nSPS) is 20.2. The van der Waals surface area contributed by atoms with Gasteiger partial charge in [-0.3, -0.25) is 14.5 Å². The van der Waals surface area contributed by atoms with Gasteiger partial charge in [0.1, 0.15) is 41.6 Å². The van der Waals surface area contributed by atoms with Crippen molar-refractivity contribution in [3.8, 4) is 0 Å². The number of aromatic nitrogens is 2. The molecule has 4 N–H and O–H groups in total. The maximum Gasteiger partial charge on any atom is 0.356 e. The van der Waals surface area contributed by atoms with Crippen molar-refractivity contribution in [2.24, 2.45) is 5.16 Å². The van der Waals surface area contributed by atoms with E-state index in [1.807, 2.05) is 12.3 Å². The standard InChI is InChI=1S/C18H18N6O6S3/c1-7-4-31-10(20-7)3-30-9-6-32-16-12(15(26)24(16)13(9)17(27)28)22-14(25)11(23-29-2)8-5-33-18(19)21-8/h4-5,12,16H,3,6H2,1-2H3,(H2,19,21)(H,22,25)(H,27,28)/t12-,16+/m1/s1. The van der Waals surface area contributed by atoms with Crippen molar-refractivity contribution in [2.45, 2.75) is 24.9 Å². The number of nitrogens with zero attached hydrogens (tertiary/aromatic N) is 4. The molecular formula is C18H18N6O6S3. The zero-order valence-corrected chi connectivity index (χ0v) is 19.8. The molecule has 0 aromatic carbocycles. The number of aryl methyl sites for hydroxylation is 1. The second-order valence-electron chi connectivity index (χ2n) is 6.80. The van der Waals surface area contributed by atoms with Gasteiger partial charge in [-0.15, -0.1) is 34.4 Å². The second kappa shape index (κ2) is 9.36. The van der Waals surface area contributed by atoms with Gasteiger partial charge in [0.05, 0.1) is 5.75 Å². The number of carbonyl (C=O) groups excluding carboxylic acids is 2. The number of anilines is 1. The van der Waals surface area contributed by atoms with Crippen LogP contribution in [0.15, 0.2) is 27.4 Å². The van der Waals surface area contributed by atoms with Gasteiger partial charge in [0, 0.05) is 16.5 Å². The van der Waals surface area contributed by atoms with E-state index >= 15 is 0 Å². The fourth-order valence-corrected chi connectivity index (χ4v) is 5.73. The number of thiazole rings is 2. The SMILES string of the molecule is CON=C(C(=O)N[C@@H]1C(=O)N2C(C(=O)O)=C(OCc3nc(C)cs3)CS[C@@H]12)c1csc(N)n1. The average Bonchev–Trinajstić information content (AvgIpc) is 3.40. The van der Waals surface area contributed by atoms with Crippen LogP contribution in [0, 0.1) is 6.92 Å². The number of nitrogen functional groups attached to an aromatic ring is 1. The molecule has 2 aliphatic rings. The molecule has 0 unspecified atom stereocenters. The molecule has 2 aliphatic heterocycles. The summed E-state index contributed by atoms with van der Waals surface area (Å²) < 4.78 is 5.69. The molecule has 1 fully saturated rings. The number of thioether (sulfide) groups is 1. The van der Waals surface area contributed by atoms with Crippen LogP contribution in [0.1, 0.15) is 16.4 Å². The number of ether oxygens (including phenoxy) is 1. The Balaban J connectivity index is 1.49. The average molecular weight is 511 g/mol. The summed E-state index contributed by atoms with van der Waals surface area (Å²) in [7, 11) is 1.27. The van der Waals surface area contributed by atoms with E-state index < -0.39 is 29.2 Å². The third kappa shape index (κ3) is 4.51. The number of nitrogens with two attached hydrogens (primary N) is 1. The molecule has 0 spiro atoms. The van der Waals surface area contributed by atoms with Crippen LogP contribution >= 0.6 is 34.4 Å². The highest BCUT2D eigenvalue weighted by Crippen LogP contribution is 2.41. The highest BCUT2D eigenvalue weighted by Gasteiger charge is 2.55. The first-order chi connectivity index (χ1) is 15.8. The minimum atomic E-state index is -1.29.